The number of hydrogen-bond acceptors (Lipinski definition) is 8. The van der Waals surface area contributed by atoms with E-state index in [0.29, 0.717) is 29.3 Å². The Morgan fingerprint density at radius 1 is 1.21 bits per heavy atom. The average Bonchev–Trinajstić information content (AvgIpc) is 3.50. The van der Waals surface area contributed by atoms with Crippen molar-refractivity contribution in [3.05, 3.63) is 66.9 Å². The summed E-state index contributed by atoms with van der Waals surface area (Å²) in [5.74, 6) is 1.09. The Labute approximate surface area is 195 Å². The first kappa shape index (κ1) is 20.4. The van der Waals surface area contributed by atoms with Crippen molar-refractivity contribution < 1.29 is 4.39 Å². The number of benzene rings is 1. The van der Waals surface area contributed by atoms with Gasteiger partial charge >= 0.3 is 0 Å². The van der Waals surface area contributed by atoms with Crippen LogP contribution >= 0.6 is 12.1 Å². The summed E-state index contributed by atoms with van der Waals surface area (Å²) >= 11 is 1.63. The summed E-state index contributed by atoms with van der Waals surface area (Å²) in [4.78, 5) is 11.7. The molecule has 1 aromatic carbocycles. The molecule has 0 aliphatic carbocycles. The molecule has 2 saturated heterocycles. The molecule has 4 aromatic rings. The molecular formula is C23H23FN8S. The standard InChI is InChI=1S/C23H23FN8S/c1-30-10-7-21-20(14-30)29-33-32(21)23-6-3-15-13-25-22(12-19(15)28-23)27-18-5-4-16(11-17(18)24)31-9-2-8-26-31/h2-6,8-9,11-13,20-21,29H,7,10,14H2,1H3,(H,25,27). The molecule has 168 valence electrons. The monoisotopic (exact) mass is 462 g/mol. The molecule has 2 N–H and O–H groups in total. The Morgan fingerprint density at radius 2 is 2.15 bits per heavy atom. The Hall–Kier alpha value is -3.21. The van der Waals surface area contributed by atoms with Crippen molar-refractivity contribution in [2.75, 3.05) is 29.8 Å². The van der Waals surface area contributed by atoms with E-state index in [1.807, 2.05) is 24.3 Å². The molecule has 0 radical (unpaired) electrons. The lowest BCUT2D eigenvalue weighted by Gasteiger charge is -2.34. The van der Waals surface area contributed by atoms with E-state index in [2.05, 4.69) is 36.4 Å². The van der Waals surface area contributed by atoms with Gasteiger partial charge in [-0.05, 0) is 50.3 Å². The molecule has 6 rings (SSSR count). The highest BCUT2D eigenvalue weighted by atomic mass is 32.2. The number of rotatable bonds is 4. The molecule has 2 aliphatic heterocycles. The molecule has 2 atom stereocenters. The third kappa shape index (κ3) is 3.90. The van der Waals surface area contributed by atoms with Crippen molar-refractivity contribution >= 4 is 40.4 Å². The van der Waals surface area contributed by atoms with Crippen molar-refractivity contribution in [2.45, 2.75) is 18.5 Å². The summed E-state index contributed by atoms with van der Waals surface area (Å²) in [7, 11) is 2.16. The van der Waals surface area contributed by atoms with Crippen molar-refractivity contribution in [2.24, 2.45) is 0 Å². The van der Waals surface area contributed by atoms with Crippen LogP contribution in [0.3, 0.4) is 0 Å². The van der Waals surface area contributed by atoms with Crippen LogP contribution in [0.25, 0.3) is 16.6 Å². The number of nitrogens with one attached hydrogen (secondary N) is 2. The Bertz CT molecular complexity index is 1300. The van der Waals surface area contributed by atoms with Gasteiger partial charge in [0.05, 0.1) is 29.0 Å². The van der Waals surface area contributed by atoms with Crippen LogP contribution in [0.15, 0.2) is 61.1 Å². The van der Waals surface area contributed by atoms with E-state index in [0.717, 1.165) is 36.2 Å². The van der Waals surface area contributed by atoms with Crippen LogP contribution < -0.4 is 14.3 Å². The van der Waals surface area contributed by atoms with Gasteiger partial charge in [0, 0.05) is 54.8 Å². The number of nitrogens with zero attached hydrogens (tertiary/aromatic N) is 6. The van der Waals surface area contributed by atoms with Gasteiger partial charge in [-0.25, -0.2) is 23.8 Å². The van der Waals surface area contributed by atoms with Crippen LogP contribution in [-0.2, 0) is 0 Å². The molecule has 8 nitrogen and oxygen atoms in total. The molecule has 0 bridgehead atoms. The smallest absolute Gasteiger partial charge is 0.148 e. The fourth-order valence-corrected chi connectivity index (χ4v) is 5.48. The van der Waals surface area contributed by atoms with E-state index >= 15 is 0 Å². The second-order valence-corrected chi connectivity index (χ2v) is 9.24. The van der Waals surface area contributed by atoms with Gasteiger partial charge in [-0.1, -0.05) is 0 Å². The Balaban J connectivity index is 1.25. The molecule has 0 amide bonds. The van der Waals surface area contributed by atoms with Crippen LogP contribution in [-0.4, -0.2) is 56.9 Å². The molecule has 2 fully saturated rings. The first-order valence-electron chi connectivity index (χ1n) is 10.9. The Morgan fingerprint density at radius 3 is 3.00 bits per heavy atom. The van der Waals surface area contributed by atoms with Gasteiger partial charge in [0.25, 0.3) is 0 Å². The molecule has 2 aliphatic rings. The van der Waals surface area contributed by atoms with E-state index in [4.69, 9.17) is 4.98 Å². The highest BCUT2D eigenvalue weighted by Crippen LogP contribution is 2.34. The van der Waals surface area contributed by atoms with Crippen molar-refractivity contribution in [1.29, 1.82) is 0 Å². The highest BCUT2D eigenvalue weighted by Gasteiger charge is 2.39. The maximum atomic E-state index is 14.7. The van der Waals surface area contributed by atoms with E-state index in [9.17, 15) is 4.39 Å². The number of piperidine rings is 1. The van der Waals surface area contributed by atoms with Crippen LogP contribution in [0.1, 0.15) is 6.42 Å². The topological polar surface area (TPSA) is 74.1 Å². The fraction of sp³-hybridized carbons (Fsp3) is 0.261. The lowest BCUT2D eigenvalue weighted by Crippen LogP contribution is -2.50. The summed E-state index contributed by atoms with van der Waals surface area (Å²) in [6.45, 7) is 2.11. The number of likely N-dealkylation sites (tertiary alicyclic amines) is 1. The predicted molar refractivity (Wildman–Crippen MR) is 129 cm³/mol. The highest BCUT2D eigenvalue weighted by molar-refractivity contribution is 7.99. The van der Waals surface area contributed by atoms with E-state index in [-0.39, 0.29) is 5.82 Å². The quantitative estimate of drug-likeness (QED) is 0.445. The Kier molecular flexibility index (Phi) is 5.12. The van der Waals surface area contributed by atoms with E-state index in [1.165, 1.54) is 6.07 Å². The SMILES string of the molecule is CN1CCC2C(C1)NSN2c1ccc2cnc(Nc3ccc(-n4cccn4)cc3F)cc2n1. The minimum Gasteiger partial charge on any atom is -0.338 e. The molecule has 0 spiro atoms. The van der Waals surface area contributed by atoms with Gasteiger partial charge in [-0.2, -0.15) is 5.10 Å². The molecular weight excluding hydrogens is 439 g/mol. The van der Waals surface area contributed by atoms with Gasteiger partial charge in [-0.15, -0.1) is 0 Å². The number of fused-ring (bicyclic) bond motifs is 2. The van der Waals surface area contributed by atoms with Crippen molar-refractivity contribution in [3.8, 4) is 5.69 Å². The average molecular weight is 463 g/mol. The van der Waals surface area contributed by atoms with Crippen LogP contribution in [0.5, 0.6) is 0 Å². The molecule has 2 unspecified atom stereocenters. The number of pyridine rings is 2. The zero-order chi connectivity index (χ0) is 22.4. The largest absolute Gasteiger partial charge is 0.338 e. The van der Waals surface area contributed by atoms with Gasteiger partial charge < -0.3 is 10.2 Å². The van der Waals surface area contributed by atoms with Gasteiger partial charge in [-0.3, -0.25) is 4.31 Å². The zero-order valence-electron chi connectivity index (χ0n) is 18.0. The summed E-state index contributed by atoms with van der Waals surface area (Å²) in [6.07, 6.45) is 6.29. The lowest BCUT2D eigenvalue weighted by molar-refractivity contribution is 0.232. The van der Waals surface area contributed by atoms with Crippen LogP contribution in [0, 0.1) is 5.82 Å². The van der Waals surface area contributed by atoms with Crippen LogP contribution in [0.2, 0.25) is 0 Å². The zero-order valence-corrected chi connectivity index (χ0v) is 18.8. The first-order chi connectivity index (χ1) is 16.1. The minimum atomic E-state index is -0.376. The van der Waals surface area contributed by atoms with E-state index < -0.39 is 0 Å². The molecule has 3 aromatic heterocycles. The number of anilines is 3. The van der Waals surface area contributed by atoms with Crippen LogP contribution in [0.4, 0.5) is 21.7 Å². The summed E-state index contributed by atoms with van der Waals surface area (Å²) in [6, 6.07) is 13.5. The van der Waals surface area contributed by atoms with Crippen molar-refractivity contribution in [1.82, 2.24) is 29.4 Å². The third-order valence-electron chi connectivity index (χ3n) is 6.15. The molecule has 33 heavy (non-hydrogen) atoms. The normalized spacial score (nSPS) is 20.8. The summed E-state index contributed by atoms with van der Waals surface area (Å²) < 4.78 is 22.2. The van der Waals surface area contributed by atoms with Gasteiger partial charge in [0.15, 0.2) is 0 Å². The van der Waals surface area contributed by atoms with Gasteiger partial charge in [0.2, 0.25) is 0 Å². The molecule has 10 heteroatoms. The number of hydrogen-bond donors (Lipinski definition) is 2. The van der Waals surface area contributed by atoms with Gasteiger partial charge in [0.1, 0.15) is 17.5 Å². The predicted octanol–water partition coefficient (Wildman–Crippen LogP) is 3.74. The first-order valence-corrected chi connectivity index (χ1v) is 11.6. The molecule has 0 saturated carbocycles. The lowest BCUT2D eigenvalue weighted by atomic mass is 10.0. The summed E-state index contributed by atoms with van der Waals surface area (Å²) in [5.41, 5.74) is 1.82. The molecule has 5 heterocycles. The third-order valence-corrected chi connectivity index (χ3v) is 7.21. The number of aromatic nitrogens is 4. The minimum absolute atomic E-state index is 0.349. The number of halogens is 1. The van der Waals surface area contributed by atoms with Crippen molar-refractivity contribution in [3.63, 3.8) is 0 Å². The van der Waals surface area contributed by atoms with E-state index in [1.54, 1.807) is 47.5 Å². The number of likely N-dealkylation sites (N-methyl/N-ethyl adjacent to an activating group) is 1. The second-order valence-electron chi connectivity index (χ2n) is 8.43. The fourth-order valence-electron chi connectivity index (χ4n) is 4.41. The maximum Gasteiger partial charge on any atom is 0.148 e. The maximum absolute atomic E-state index is 14.7. The summed E-state index contributed by atoms with van der Waals surface area (Å²) in [5, 5.41) is 8.17. The second kappa shape index (κ2) is 8.29.